The average Bonchev–Trinajstić information content (AvgIpc) is 3.40. The number of furan rings is 1. The van der Waals surface area contributed by atoms with E-state index in [4.69, 9.17) is 4.42 Å². The van der Waals surface area contributed by atoms with Gasteiger partial charge in [-0.1, -0.05) is 67.2 Å². The van der Waals surface area contributed by atoms with Crippen LogP contribution in [0.2, 0.25) is 19.6 Å². The third kappa shape index (κ3) is 6.78. The normalized spacial score (nSPS) is 12.9. The van der Waals surface area contributed by atoms with E-state index in [0.29, 0.717) is 11.6 Å². The molecule has 1 aliphatic rings. The van der Waals surface area contributed by atoms with E-state index in [-0.39, 0.29) is 20.1 Å². The summed E-state index contributed by atoms with van der Waals surface area (Å²) in [5, 5.41) is 3.62. The second-order valence-corrected chi connectivity index (χ2v) is 17.9. The fourth-order valence-electron chi connectivity index (χ4n) is 6.11. The zero-order chi connectivity index (χ0) is 30.0. The summed E-state index contributed by atoms with van der Waals surface area (Å²) in [7, 11) is -1.34. The predicted octanol–water partition coefficient (Wildman–Crippen LogP) is 9.01. The number of fused-ring (bicyclic) bond motifs is 4. The maximum atomic E-state index is 6.05. The number of aryl methyl sites for hydroxylation is 1. The smallest absolute Gasteiger partial charge is 0.216 e. The molecule has 0 saturated carbocycles. The molecule has 0 spiro atoms. The van der Waals surface area contributed by atoms with Crippen molar-refractivity contribution in [3.8, 4) is 22.5 Å². The van der Waals surface area contributed by atoms with Gasteiger partial charge in [0.05, 0.1) is 13.7 Å². The molecular weight excluding hydrogens is 735 g/mol. The number of rotatable bonds is 5. The van der Waals surface area contributed by atoms with Crippen LogP contribution in [0.1, 0.15) is 43.4 Å². The molecular formula is C38H39IrN3OSi-2. The van der Waals surface area contributed by atoms with Crippen molar-refractivity contribution in [3.63, 3.8) is 0 Å². The molecule has 4 nitrogen and oxygen atoms in total. The molecule has 0 N–H and O–H groups in total. The number of benzene rings is 2. The van der Waals surface area contributed by atoms with Gasteiger partial charge in [-0.05, 0) is 72.8 Å². The van der Waals surface area contributed by atoms with Gasteiger partial charge in [0.2, 0.25) is 5.71 Å². The van der Waals surface area contributed by atoms with E-state index >= 15 is 0 Å². The summed E-state index contributed by atoms with van der Waals surface area (Å²) in [5.41, 5.74) is 9.87. The molecule has 4 aromatic heterocycles. The summed E-state index contributed by atoms with van der Waals surface area (Å²) in [5.74, 6) is 0.667. The van der Waals surface area contributed by atoms with Crippen LogP contribution in [0.4, 0.5) is 0 Å². The summed E-state index contributed by atoms with van der Waals surface area (Å²) < 4.78 is 6.05. The van der Waals surface area contributed by atoms with Gasteiger partial charge < -0.3 is 14.4 Å². The fourth-order valence-corrected chi connectivity index (χ4v) is 7.70. The molecule has 0 saturated heterocycles. The van der Waals surface area contributed by atoms with Crippen molar-refractivity contribution in [2.75, 3.05) is 0 Å². The van der Waals surface area contributed by atoms with E-state index < -0.39 is 8.07 Å². The molecule has 6 aromatic rings. The van der Waals surface area contributed by atoms with Crippen molar-refractivity contribution in [3.05, 3.63) is 108 Å². The van der Waals surface area contributed by atoms with Gasteiger partial charge in [-0.25, -0.2) is 4.98 Å². The van der Waals surface area contributed by atoms with Crippen LogP contribution < -0.4 is 5.19 Å². The van der Waals surface area contributed by atoms with Crippen molar-refractivity contribution < 1.29 is 24.5 Å². The van der Waals surface area contributed by atoms with Crippen molar-refractivity contribution >= 4 is 35.3 Å². The molecule has 7 rings (SSSR count). The van der Waals surface area contributed by atoms with E-state index in [1.54, 1.807) is 6.20 Å². The van der Waals surface area contributed by atoms with Gasteiger partial charge in [0.1, 0.15) is 0 Å². The van der Waals surface area contributed by atoms with E-state index in [9.17, 15) is 0 Å². The number of nitrogens with zero attached hydrogens (tertiary/aromatic N) is 3. The van der Waals surface area contributed by atoms with Crippen LogP contribution in [0.25, 0.3) is 44.6 Å². The van der Waals surface area contributed by atoms with Crippen LogP contribution in [-0.4, -0.2) is 23.0 Å². The topological polar surface area (TPSA) is 51.8 Å². The van der Waals surface area contributed by atoms with Gasteiger partial charge in [-0.3, -0.25) is 0 Å². The number of hydrogen-bond acceptors (Lipinski definition) is 4. The van der Waals surface area contributed by atoms with Crippen molar-refractivity contribution in [1.82, 2.24) is 15.0 Å². The SMILES string of the molecule is CC(C)Cc1cc(-c2[c-]cccc2)ncc1[Si](C)(C)C.[Ir].[c-]1ccc2c(oc3ncccc32)c1-c1nccc2c1CCCC2. The Kier molecular flexibility index (Phi) is 9.94. The molecule has 0 atom stereocenters. The molecule has 227 valence electrons. The maximum Gasteiger partial charge on any atom is 0.216 e. The monoisotopic (exact) mass is 774 g/mol. The van der Waals surface area contributed by atoms with Crippen LogP contribution in [0.3, 0.4) is 0 Å². The molecule has 1 aliphatic carbocycles. The van der Waals surface area contributed by atoms with Crippen molar-refractivity contribution in [2.24, 2.45) is 5.92 Å². The largest absolute Gasteiger partial charge is 0.486 e. The summed E-state index contributed by atoms with van der Waals surface area (Å²) in [4.78, 5) is 13.7. The molecule has 0 fully saturated rings. The first-order valence-electron chi connectivity index (χ1n) is 15.4. The zero-order valence-electron chi connectivity index (χ0n) is 26.2. The Bertz CT molecular complexity index is 1880. The Morgan fingerprint density at radius 1 is 0.864 bits per heavy atom. The molecule has 0 aliphatic heterocycles. The van der Waals surface area contributed by atoms with Crippen molar-refractivity contribution in [2.45, 2.75) is 65.6 Å². The summed E-state index contributed by atoms with van der Waals surface area (Å²) in [6, 6.07) is 27.1. The summed E-state index contributed by atoms with van der Waals surface area (Å²) >= 11 is 0. The second-order valence-electron chi connectivity index (χ2n) is 12.9. The van der Waals surface area contributed by atoms with E-state index in [1.807, 2.05) is 48.7 Å². The van der Waals surface area contributed by atoms with E-state index in [0.717, 1.165) is 58.1 Å². The Balaban J connectivity index is 0.000000173. The van der Waals surface area contributed by atoms with Crippen molar-refractivity contribution in [1.29, 1.82) is 0 Å². The van der Waals surface area contributed by atoms with Gasteiger partial charge in [0.15, 0.2) is 0 Å². The standard InChI is InChI=1S/C20H15N2O.C18H24NSi.Ir/c1-2-6-14-13(5-1)10-12-21-18(14)17-8-3-7-15-16-9-4-11-22-20(16)23-19(15)17;1-14(2)11-16-12-17(15-9-7-6-8-10-15)19-13-18(16)20(3,4)5;/h3-4,7,9-12H,1-2,5-6H2;6-9,12-14H,11H2,1-5H3;/q2*-1;. The Hall–Kier alpha value is -3.44. The van der Waals surface area contributed by atoms with Gasteiger partial charge in [0, 0.05) is 44.1 Å². The first-order chi connectivity index (χ1) is 20.8. The predicted molar refractivity (Wildman–Crippen MR) is 180 cm³/mol. The summed E-state index contributed by atoms with van der Waals surface area (Å²) in [6.07, 6.45) is 11.6. The first-order valence-corrected chi connectivity index (χ1v) is 18.9. The molecule has 1 radical (unpaired) electrons. The molecule has 44 heavy (non-hydrogen) atoms. The van der Waals surface area contributed by atoms with Gasteiger partial charge >= 0.3 is 0 Å². The first kappa shape index (κ1) is 32.0. The summed E-state index contributed by atoms with van der Waals surface area (Å²) in [6.45, 7) is 11.7. The number of aromatic nitrogens is 3. The van der Waals surface area contributed by atoms with E-state index in [2.05, 4.69) is 85.0 Å². The average molecular weight is 774 g/mol. The number of pyridine rings is 3. The van der Waals surface area contributed by atoms with Crippen LogP contribution >= 0.6 is 0 Å². The van der Waals surface area contributed by atoms with Gasteiger partial charge in [-0.15, -0.1) is 54.1 Å². The molecule has 0 unspecified atom stereocenters. The second kappa shape index (κ2) is 13.7. The Morgan fingerprint density at radius 2 is 1.70 bits per heavy atom. The Morgan fingerprint density at radius 3 is 2.48 bits per heavy atom. The van der Waals surface area contributed by atoms with Crippen LogP contribution in [0, 0.1) is 18.1 Å². The van der Waals surface area contributed by atoms with Crippen LogP contribution in [0.5, 0.6) is 0 Å². The minimum Gasteiger partial charge on any atom is -0.486 e. The zero-order valence-corrected chi connectivity index (χ0v) is 29.6. The van der Waals surface area contributed by atoms with Gasteiger partial charge in [-0.2, -0.15) is 0 Å². The third-order valence-corrected chi connectivity index (χ3v) is 10.2. The van der Waals surface area contributed by atoms with E-state index in [1.165, 1.54) is 34.7 Å². The number of hydrogen-bond donors (Lipinski definition) is 0. The Labute approximate surface area is 275 Å². The minimum absolute atomic E-state index is 0. The fraction of sp³-hybridized carbons (Fsp3) is 0.289. The third-order valence-electron chi connectivity index (χ3n) is 8.13. The maximum absolute atomic E-state index is 6.05. The molecule has 2 aromatic carbocycles. The quantitative estimate of drug-likeness (QED) is 0.130. The molecule has 0 bridgehead atoms. The molecule has 6 heteroatoms. The van der Waals surface area contributed by atoms with Crippen LogP contribution in [-0.2, 0) is 39.4 Å². The van der Waals surface area contributed by atoms with Crippen LogP contribution in [0.15, 0.2) is 83.7 Å². The molecule has 4 heterocycles. The van der Waals surface area contributed by atoms with Gasteiger partial charge in [0.25, 0.3) is 0 Å². The molecule has 0 amide bonds. The minimum atomic E-state index is -1.34.